The number of hydrogen-bond acceptors (Lipinski definition) is 4. The lowest BCUT2D eigenvalue weighted by atomic mass is 10.2. The first kappa shape index (κ1) is 17.6. The number of amides is 1. The number of aromatic nitrogens is 1. The molecular formula is C18H23N3O3. The Bertz CT molecular complexity index is 723. The van der Waals surface area contributed by atoms with Gasteiger partial charge in [0.2, 0.25) is 0 Å². The zero-order valence-corrected chi connectivity index (χ0v) is 13.8. The molecule has 1 aromatic carbocycles. The minimum Gasteiger partial charge on any atom is -0.478 e. The summed E-state index contributed by atoms with van der Waals surface area (Å²) in [6, 6.07) is 10.6. The Labute approximate surface area is 141 Å². The van der Waals surface area contributed by atoms with Crippen molar-refractivity contribution in [1.82, 2.24) is 9.88 Å². The molecule has 0 bridgehead atoms. The molecule has 2 aromatic rings. The maximum atomic E-state index is 12.4. The number of nitrogens with one attached hydrogen (secondary N) is 1. The van der Waals surface area contributed by atoms with E-state index in [9.17, 15) is 9.59 Å². The Morgan fingerprint density at radius 1 is 1.25 bits per heavy atom. The maximum Gasteiger partial charge on any atom is 0.293 e. The van der Waals surface area contributed by atoms with Crippen LogP contribution in [0.5, 0.6) is 5.75 Å². The summed E-state index contributed by atoms with van der Waals surface area (Å²) < 4.78 is 6.90. The summed E-state index contributed by atoms with van der Waals surface area (Å²) in [4.78, 5) is 24.0. The van der Waals surface area contributed by atoms with Gasteiger partial charge in [0.05, 0.1) is 6.54 Å². The summed E-state index contributed by atoms with van der Waals surface area (Å²) >= 11 is 0. The number of carbonyl (C=O) groups excluding carboxylic acids is 1. The van der Waals surface area contributed by atoms with Crippen molar-refractivity contribution in [2.24, 2.45) is 0 Å². The van der Waals surface area contributed by atoms with Gasteiger partial charge in [-0.05, 0) is 36.2 Å². The standard InChI is InChI=1S/C18H23N3O3/c1-2-3-10-20-17(22)13-24-16-5-4-11-21(18(16)23)12-14-6-8-15(19)9-7-14/h4-9,11H,2-3,10,12-13,19H2,1H3,(H,20,22). The van der Waals surface area contributed by atoms with Gasteiger partial charge in [-0.15, -0.1) is 0 Å². The number of rotatable bonds is 8. The van der Waals surface area contributed by atoms with Crippen LogP contribution in [0.1, 0.15) is 25.3 Å². The highest BCUT2D eigenvalue weighted by Gasteiger charge is 2.08. The number of nitrogens with two attached hydrogens (primary N) is 1. The van der Waals surface area contributed by atoms with Gasteiger partial charge < -0.3 is 20.4 Å². The van der Waals surface area contributed by atoms with Gasteiger partial charge in [0.15, 0.2) is 12.4 Å². The average molecular weight is 329 g/mol. The first-order chi connectivity index (χ1) is 11.6. The van der Waals surface area contributed by atoms with E-state index in [1.165, 1.54) is 4.57 Å². The van der Waals surface area contributed by atoms with Crippen molar-refractivity contribution in [1.29, 1.82) is 0 Å². The molecule has 0 aliphatic heterocycles. The van der Waals surface area contributed by atoms with Crippen molar-refractivity contribution in [2.45, 2.75) is 26.3 Å². The van der Waals surface area contributed by atoms with Gasteiger partial charge in [0.25, 0.3) is 11.5 Å². The van der Waals surface area contributed by atoms with E-state index in [0.717, 1.165) is 18.4 Å². The molecule has 2 rings (SSSR count). The van der Waals surface area contributed by atoms with E-state index in [-0.39, 0.29) is 23.8 Å². The lowest BCUT2D eigenvalue weighted by Gasteiger charge is -2.10. The van der Waals surface area contributed by atoms with E-state index >= 15 is 0 Å². The number of hydrogen-bond donors (Lipinski definition) is 2. The number of nitrogen functional groups attached to an aromatic ring is 1. The molecule has 0 aliphatic carbocycles. The van der Waals surface area contributed by atoms with E-state index in [4.69, 9.17) is 10.5 Å². The Kier molecular flexibility index (Phi) is 6.42. The SMILES string of the molecule is CCCCNC(=O)COc1cccn(Cc2ccc(N)cc2)c1=O. The minimum atomic E-state index is -0.268. The molecule has 0 aliphatic rings. The molecule has 6 nitrogen and oxygen atoms in total. The molecule has 6 heteroatoms. The van der Waals surface area contributed by atoms with E-state index in [0.29, 0.717) is 18.8 Å². The fourth-order valence-corrected chi connectivity index (χ4v) is 2.17. The molecule has 0 atom stereocenters. The number of ether oxygens (including phenoxy) is 1. The summed E-state index contributed by atoms with van der Waals surface area (Å²) in [5, 5.41) is 2.75. The van der Waals surface area contributed by atoms with Crippen molar-refractivity contribution in [3.8, 4) is 5.75 Å². The van der Waals surface area contributed by atoms with Gasteiger partial charge in [-0.3, -0.25) is 9.59 Å². The molecule has 1 amide bonds. The largest absolute Gasteiger partial charge is 0.478 e. The number of unbranched alkanes of at least 4 members (excludes halogenated alkanes) is 1. The number of benzene rings is 1. The van der Waals surface area contributed by atoms with E-state index < -0.39 is 0 Å². The Hall–Kier alpha value is -2.76. The third kappa shape index (κ3) is 5.15. The van der Waals surface area contributed by atoms with Crippen LogP contribution in [0.25, 0.3) is 0 Å². The third-order valence-electron chi connectivity index (χ3n) is 3.53. The molecular weight excluding hydrogens is 306 g/mol. The molecule has 0 radical (unpaired) electrons. The molecule has 0 saturated carbocycles. The highest BCUT2D eigenvalue weighted by molar-refractivity contribution is 5.77. The smallest absolute Gasteiger partial charge is 0.293 e. The molecule has 1 aromatic heterocycles. The van der Waals surface area contributed by atoms with Crippen molar-refractivity contribution in [3.05, 3.63) is 58.5 Å². The molecule has 3 N–H and O–H groups in total. The Morgan fingerprint density at radius 2 is 2.00 bits per heavy atom. The van der Waals surface area contributed by atoms with Gasteiger partial charge in [-0.2, -0.15) is 0 Å². The monoisotopic (exact) mass is 329 g/mol. The van der Waals surface area contributed by atoms with E-state index in [1.807, 2.05) is 12.1 Å². The Morgan fingerprint density at radius 3 is 2.71 bits per heavy atom. The summed E-state index contributed by atoms with van der Waals surface area (Å²) in [5.41, 5.74) is 7.03. The number of carbonyl (C=O) groups is 1. The van der Waals surface area contributed by atoms with Crippen LogP contribution in [0.2, 0.25) is 0 Å². The van der Waals surface area contributed by atoms with Crippen LogP contribution in [-0.2, 0) is 11.3 Å². The number of nitrogens with zero attached hydrogens (tertiary/aromatic N) is 1. The van der Waals surface area contributed by atoms with Crippen molar-refractivity contribution in [3.63, 3.8) is 0 Å². The molecule has 0 fully saturated rings. The van der Waals surface area contributed by atoms with Crippen LogP contribution in [0, 0.1) is 0 Å². The van der Waals surface area contributed by atoms with Crippen molar-refractivity contribution < 1.29 is 9.53 Å². The van der Waals surface area contributed by atoms with Crippen LogP contribution in [0.3, 0.4) is 0 Å². The van der Waals surface area contributed by atoms with Gasteiger partial charge >= 0.3 is 0 Å². The zero-order chi connectivity index (χ0) is 17.4. The fraction of sp³-hybridized carbons (Fsp3) is 0.333. The molecule has 0 spiro atoms. The number of pyridine rings is 1. The topological polar surface area (TPSA) is 86.3 Å². The lowest BCUT2D eigenvalue weighted by molar-refractivity contribution is -0.123. The molecule has 24 heavy (non-hydrogen) atoms. The molecule has 0 unspecified atom stereocenters. The summed E-state index contributed by atoms with van der Waals surface area (Å²) in [7, 11) is 0. The zero-order valence-electron chi connectivity index (χ0n) is 13.8. The summed E-state index contributed by atoms with van der Waals surface area (Å²) in [6.07, 6.45) is 3.62. The second-order valence-corrected chi connectivity index (χ2v) is 5.54. The Balaban J connectivity index is 1.98. The van der Waals surface area contributed by atoms with Crippen LogP contribution in [0.4, 0.5) is 5.69 Å². The fourth-order valence-electron chi connectivity index (χ4n) is 2.17. The van der Waals surface area contributed by atoms with E-state index in [1.54, 1.807) is 30.5 Å². The van der Waals surface area contributed by atoms with Crippen molar-refractivity contribution in [2.75, 3.05) is 18.9 Å². The first-order valence-corrected chi connectivity index (χ1v) is 8.03. The van der Waals surface area contributed by atoms with Gasteiger partial charge in [-0.1, -0.05) is 25.5 Å². The number of anilines is 1. The third-order valence-corrected chi connectivity index (χ3v) is 3.53. The van der Waals surface area contributed by atoms with Gasteiger partial charge in [0.1, 0.15) is 0 Å². The van der Waals surface area contributed by atoms with Crippen LogP contribution in [-0.4, -0.2) is 23.6 Å². The summed E-state index contributed by atoms with van der Waals surface area (Å²) in [5.74, 6) is -0.0598. The lowest BCUT2D eigenvalue weighted by Crippen LogP contribution is -2.31. The van der Waals surface area contributed by atoms with Crippen LogP contribution >= 0.6 is 0 Å². The van der Waals surface area contributed by atoms with Crippen LogP contribution in [0.15, 0.2) is 47.4 Å². The minimum absolute atomic E-state index is 0.162. The first-order valence-electron chi connectivity index (χ1n) is 8.03. The van der Waals surface area contributed by atoms with Crippen molar-refractivity contribution >= 4 is 11.6 Å². The molecule has 128 valence electrons. The highest BCUT2D eigenvalue weighted by Crippen LogP contribution is 2.08. The normalized spacial score (nSPS) is 10.4. The summed E-state index contributed by atoms with van der Waals surface area (Å²) in [6.45, 7) is 2.93. The second-order valence-electron chi connectivity index (χ2n) is 5.54. The van der Waals surface area contributed by atoms with E-state index in [2.05, 4.69) is 12.2 Å². The van der Waals surface area contributed by atoms with Gasteiger partial charge in [0, 0.05) is 18.4 Å². The molecule has 0 saturated heterocycles. The predicted octanol–water partition coefficient (Wildman–Crippen LogP) is 1.77. The maximum absolute atomic E-state index is 12.4. The van der Waals surface area contributed by atoms with Crippen LogP contribution < -0.4 is 21.3 Å². The highest BCUT2D eigenvalue weighted by atomic mass is 16.5. The van der Waals surface area contributed by atoms with Gasteiger partial charge in [-0.25, -0.2) is 0 Å². The predicted molar refractivity (Wildman–Crippen MR) is 94.1 cm³/mol. The second kappa shape index (κ2) is 8.76. The molecule has 1 heterocycles. The average Bonchev–Trinajstić information content (AvgIpc) is 2.58. The quantitative estimate of drug-likeness (QED) is 0.571.